The molecule has 114 valence electrons. The normalized spacial score (nSPS) is 10.8. The summed E-state index contributed by atoms with van der Waals surface area (Å²) in [7, 11) is 0. The summed E-state index contributed by atoms with van der Waals surface area (Å²) in [5.41, 5.74) is 3.40. The Morgan fingerprint density at radius 3 is 2.67 bits per heavy atom. The third-order valence-electron chi connectivity index (χ3n) is 3.47. The number of fused-ring (bicyclic) bond motifs is 1. The monoisotopic (exact) mass is 288 g/mol. The SMILES string of the molecule is CCCNC(=O)NCCc1coc2ccc(CCC)cc12. The van der Waals surface area contributed by atoms with Gasteiger partial charge in [0.25, 0.3) is 0 Å². The number of benzene rings is 1. The van der Waals surface area contributed by atoms with E-state index in [-0.39, 0.29) is 6.03 Å². The van der Waals surface area contributed by atoms with Gasteiger partial charge in [0.05, 0.1) is 6.26 Å². The maximum atomic E-state index is 11.5. The number of amides is 2. The molecule has 21 heavy (non-hydrogen) atoms. The van der Waals surface area contributed by atoms with Crippen molar-refractivity contribution in [3.63, 3.8) is 0 Å². The Morgan fingerprint density at radius 2 is 1.90 bits per heavy atom. The molecule has 0 atom stereocenters. The Bertz CT molecular complexity index is 589. The fraction of sp³-hybridized carbons (Fsp3) is 0.471. The highest BCUT2D eigenvalue weighted by Crippen LogP contribution is 2.23. The molecule has 2 aromatic rings. The van der Waals surface area contributed by atoms with Gasteiger partial charge in [-0.2, -0.15) is 0 Å². The van der Waals surface area contributed by atoms with Crippen molar-refractivity contribution in [3.05, 3.63) is 35.6 Å². The summed E-state index contributed by atoms with van der Waals surface area (Å²) in [6.07, 6.45) is 5.74. The summed E-state index contributed by atoms with van der Waals surface area (Å²) in [4.78, 5) is 11.5. The van der Waals surface area contributed by atoms with E-state index in [4.69, 9.17) is 4.42 Å². The second-order valence-corrected chi connectivity index (χ2v) is 5.27. The van der Waals surface area contributed by atoms with Gasteiger partial charge in [-0.25, -0.2) is 4.79 Å². The number of aryl methyl sites for hydroxylation is 1. The van der Waals surface area contributed by atoms with Gasteiger partial charge in [0.2, 0.25) is 0 Å². The highest BCUT2D eigenvalue weighted by molar-refractivity contribution is 5.82. The summed E-state index contributed by atoms with van der Waals surface area (Å²) in [6.45, 7) is 5.54. The lowest BCUT2D eigenvalue weighted by Gasteiger charge is -2.06. The van der Waals surface area contributed by atoms with E-state index in [1.54, 1.807) is 6.26 Å². The Morgan fingerprint density at radius 1 is 1.10 bits per heavy atom. The van der Waals surface area contributed by atoms with Gasteiger partial charge in [-0.1, -0.05) is 26.3 Å². The fourth-order valence-corrected chi connectivity index (χ4v) is 2.38. The molecule has 1 aromatic carbocycles. The number of rotatable bonds is 7. The van der Waals surface area contributed by atoms with E-state index in [1.165, 1.54) is 5.56 Å². The first kappa shape index (κ1) is 15.4. The molecule has 2 rings (SSSR count). The summed E-state index contributed by atoms with van der Waals surface area (Å²) in [5, 5.41) is 6.83. The highest BCUT2D eigenvalue weighted by Gasteiger charge is 2.07. The largest absolute Gasteiger partial charge is 0.464 e. The van der Waals surface area contributed by atoms with Crippen molar-refractivity contribution >= 4 is 17.0 Å². The molecule has 4 nitrogen and oxygen atoms in total. The minimum absolute atomic E-state index is 0.101. The second-order valence-electron chi connectivity index (χ2n) is 5.27. The lowest BCUT2D eigenvalue weighted by molar-refractivity contribution is 0.241. The number of carbonyl (C=O) groups is 1. The van der Waals surface area contributed by atoms with Crippen LogP contribution in [0.3, 0.4) is 0 Å². The van der Waals surface area contributed by atoms with Gasteiger partial charge in [0, 0.05) is 18.5 Å². The van der Waals surface area contributed by atoms with Crippen molar-refractivity contribution in [3.8, 4) is 0 Å². The van der Waals surface area contributed by atoms with Crippen LogP contribution in [-0.2, 0) is 12.8 Å². The molecule has 0 spiro atoms. The highest BCUT2D eigenvalue weighted by atomic mass is 16.3. The smallest absolute Gasteiger partial charge is 0.314 e. The minimum Gasteiger partial charge on any atom is -0.464 e. The third kappa shape index (κ3) is 4.25. The first-order chi connectivity index (χ1) is 10.2. The Labute approximate surface area is 125 Å². The zero-order valence-corrected chi connectivity index (χ0v) is 12.9. The molecule has 0 aliphatic rings. The van der Waals surface area contributed by atoms with E-state index in [0.29, 0.717) is 13.1 Å². The Kier molecular flexibility index (Phi) is 5.67. The molecule has 0 radical (unpaired) electrons. The van der Waals surface area contributed by atoms with Crippen LogP contribution in [0.25, 0.3) is 11.0 Å². The molecular weight excluding hydrogens is 264 g/mol. The number of furan rings is 1. The van der Waals surface area contributed by atoms with Crippen LogP contribution >= 0.6 is 0 Å². The molecule has 0 saturated carbocycles. The van der Waals surface area contributed by atoms with E-state index in [1.807, 2.05) is 13.0 Å². The average molecular weight is 288 g/mol. The van der Waals surface area contributed by atoms with Crippen LogP contribution in [-0.4, -0.2) is 19.1 Å². The van der Waals surface area contributed by atoms with Crippen LogP contribution in [0.1, 0.15) is 37.8 Å². The average Bonchev–Trinajstić information content (AvgIpc) is 2.88. The predicted molar refractivity (Wildman–Crippen MR) is 85.6 cm³/mol. The van der Waals surface area contributed by atoms with Crippen LogP contribution in [0.5, 0.6) is 0 Å². The third-order valence-corrected chi connectivity index (χ3v) is 3.47. The molecule has 0 fully saturated rings. The number of nitrogens with one attached hydrogen (secondary N) is 2. The minimum atomic E-state index is -0.101. The molecule has 0 aliphatic heterocycles. The van der Waals surface area contributed by atoms with Gasteiger partial charge in [0.1, 0.15) is 5.58 Å². The predicted octanol–water partition coefficient (Wildman–Crippen LogP) is 3.64. The lowest BCUT2D eigenvalue weighted by atomic mass is 10.0. The van der Waals surface area contributed by atoms with E-state index >= 15 is 0 Å². The molecular formula is C17H24N2O2. The molecule has 0 saturated heterocycles. The van der Waals surface area contributed by atoms with Crippen LogP contribution in [0, 0.1) is 0 Å². The van der Waals surface area contributed by atoms with E-state index < -0.39 is 0 Å². The van der Waals surface area contributed by atoms with Gasteiger partial charge >= 0.3 is 6.03 Å². The summed E-state index contributed by atoms with van der Waals surface area (Å²) >= 11 is 0. The maximum absolute atomic E-state index is 11.5. The number of hydrogen-bond acceptors (Lipinski definition) is 2. The summed E-state index contributed by atoms with van der Waals surface area (Å²) < 4.78 is 5.58. The standard InChI is InChI=1S/C17H24N2O2/c1-3-5-13-6-7-16-15(11-13)14(12-21-16)8-10-19-17(20)18-9-4-2/h6-7,11-12H,3-5,8-10H2,1-2H3,(H2,18,19,20). The molecule has 0 aliphatic carbocycles. The van der Waals surface area contributed by atoms with Crippen molar-refractivity contribution in [2.75, 3.05) is 13.1 Å². The van der Waals surface area contributed by atoms with Gasteiger partial charge in [-0.05, 0) is 42.5 Å². The number of urea groups is 1. The number of carbonyl (C=O) groups excluding carboxylic acids is 1. The van der Waals surface area contributed by atoms with Crippen molar-refractivity contribution < 1.29 is 9.21 Å². The van der Waals surface area contributed by atoms with Crippen LogP contribution in [0.15, 0.2) is 28.9 Å². The zero-order chi connectivity index (χ0) is 15.1. The first-order valence-corrected chi connectivity index (χ1v) is 7.75. The maximum Gasteiger partial charge on any atom is 0.314 e. The quantitative estimate of drug-likeness (QED) is 0.817. The molecule has 0 bridgehead atoms. The Balaban J connectivity index is 1.95. The van der Waals surface area contributed by atoms with Crippen LogP contribution in [0.4, 0.5) is 4.79 Å². The van der Waals surface area contributed by atoms with Crippen molar-refractivity contribution in [2.24, 2.45) is 0 Å². The van der Waals surface area contributed by atoms with Crippen LogP contribution < -0.4 is 10.6 Å². The first-order valence-electron chi connectivity index (χ1n) is 7.75. The van der Waals surface area contributed by atoms with Gasteiger partial charge < -0.3 is 15.1 Å². The lowest BCUT2D eigenvalue weighted by Crippen LogP contribution is -2.36. The van der Waals surface area contributed by atoms with Gasteiger partial charge in [-0.3, -0.25) is 0 Å². The number of hydrogen-bond donors (Lipinski definition) is 2. The van der Waals surface area contributed by atoms with Crippen molar-refractivity contribution in [1.82, 2.24) is 10.6 Å². The fourth-order valence-electron chi connectivity index (χ4n) is 2.38. The molecule has 2 N–H and O–H groups in total. The summed E-state index contributed by atoms with van der Waals surface area (Å²) in [6, 6.07) is 6.26. The van der Waals surface area contributed by atoms with E-state index in [2.05, 4.69) is 29.7 Å². The van der Waals surface area contributed by atoms with Crippen molar-refractivity contribution in [2.45, 2.75) is 39.5 Å². The molecule has 1 aromatic heterocycles. The van der Waals surface area contributed by atoms with E-state index in [0.717, 1.165) is 42.2 Å². The van der Waals surface area contributed by atoms with Crippen molar-refractivity contribution in [1.29, 1.82) is 0 Å². The zero-order valence-electron chi connectivity index (χ0n) is 12.9. The second kappa shape index (κ2) is 7.72. The summed E-state index contributed by atoms with van der Waals surface area (Å²) in [5.74, 6) is 0. The molecule has 1 heterocycles. The van der Waals surface area contributed by atoms with Gasteiger partial charge in [0.15, 0.2) is 0 Å². The molecule has 0 unspecified atom stereocenters. The Hall–Kier alpha value is -1.97. The van der Waals surface area contributed by atoms with Gasteiger partial charge in [-0.15, -0.1) is 0 Å². The van der Waals surface area contributed by atoms with Crippen LogP contribution in [0.2, 0.25) is 0 Å². The molecule has 2 amide bonds. The molecule has 4 heteroatoms. The van der Waals surface area contributed by atoms with E-state index in [9.17, 15) is 4.79 Å². The topological polar surface area (TPSA) is 54.3 Å².